The summed E-state index contributed by atoms with van der Waals surface area (Å²) in [5.41, 5.74) is 4.37. The Balaban J connectivity index is 1.14. The lowest BCUT2D eigenvalue weighted by Gasteiger charge is -2.24. The molecule has 3 nitrogen and oxygen atoms in total. The predicted octanol–water partition coefficient (Wildman–Crippen LogP) is 6.71. The van der Waals surface area contributed by atoms with Gasteiger partial charge in [0.25, 0.3) is 0 Å². The second kappa shape index (κ2) is 9.40. The first-order chi connectivity index (χ1) is 15.3. The minimum atomic E-state index is 0.658. The van der Waals surface area contributed by atoms with Crippen LogP contribution in [0.1, 0.15) is 30.4 Å². The molecule has 158 valence electrons. The second-order valence-corrected chi connectivity index (χ2v) is 8.36. The molecule has 0 saturated carbocycles. The monoisotopic (exact) mass is 411 g/mol. The van der Waals surface area contributed by atoms with Gasteiger partial charge in [0.2, 0.25) is 0 Å². The summed E-state index contributed by atoms with van der Waals surface area (Å²) in [4.78, 5) is 2.54. The van der Waals surface area contributed by atoms with Gasteiger partial charge in [-0.15, -0.1) is 0 Å². The zero-order chi connectivity index (χ0) is 20.9. The van der Waals surface area contributed by atoms with Crippen molar-refractivity contribution >= 4 is 28.0 Å². The number of nitrogens with zero attached hydrogens (tertiary/aromatic N) is 1. The van der Waals surface area contributed by atoms with Gasteiger partial charge in [-0.2, -0.15) is 0 Å². The van der Waals surface area contributed by atoms with Crippen LogP contribution in [-0.2, 0) is 6.42 Å². The van der Waals surface area contributed by atoms with Gasteiger partial charge in [0.1, 0.15) is 16.9 Å². The van der Waals surface area contributed by atoms with Crippen LogP contribution in [0, 0.1) is 0 Å². The number of hydrogen-bond donors (Lipinski definition) is 0. The van der Waals surface area contributed by atoms with Crippen LogP contribution >= 0.6 is 0 Å². The Morgan fingerprint density at radius 3 is 2.52 bits per heavy atom. The molecular weight excluding hydrogens is 382 g/mol. The lowest BCUT2D eigenvalue weighted by atomic mass is 10.1. The zero-order valence-electron chi connectivity index (χ0n) is 17.9. The normalized spacial score (nSPS) is 15.2. The molecular formula is C28H29NO2. The van der Waals surface area contributed by atoms with Crippen LogP contribution in [0.2, 0.25) is 0 Å². The maximum Gasteiger partial charge on any atom is 0.135 e. The molecule has 4 aromatic rings. The number of ether oxygens (including phenoxy) is 1. The summed E-state index contributed by atoms with van der Waals surface area (Å²) < 4.78 is 11.9. The summed E-state index contributed by atoms with van der Waals surface area (Å²) in [5.74, 6) is 0.885. The molecule has 0 spiro atoms. The number of benzene rings is 3. The molecule has 1 aromatic heterocycles. The molecule has 1 aliphatic rings. The van der Waals surface area contributed by atoms with E-state index in [1.54, 1.807) is 0 Å². The van der Waals surface area contributed by atoms with Crippen molar-refractivity contribution in [2.45, 2.75) is 25.7 Å². The van der Waals surface area contributed by atoms with Crippen molar-refractivity contribution in [3.63, 3.8) is 0 Å². The van der Waals surface area contributed by atoms with E-state index in [9.17, 15) is 0 Å². The van der Waals surface area contributed by atoms with E-state index in [0.717, 1.165) is 40.7 Å². The maximum absolute atomic E-state index is 6.04. The Labute approximate surface area is 183 Å². The van der Waals surface area contributed by atoms with E-state index < -0.39 is 0 Å². The number of hydrogen-bond acceptors (Lipinski definition) is 3. The maximum atomic E-state index is 6.04. The van der Waals surface area contributed by atoms with Gasteiger partial charge < -0.3 is 9.15 Å². The van der Waals surface area contributed by atoms with Crippen molar-refractivity contribution in [1.82, 2.24) is 4.90 Å². The quantitative estimate of drug-likeness (QED) is 0.338. The van der Waals surface area contributed by atoms with E-state index >= 15 is 0 Å². The molecule has 0 radical (unpaired) electrons. The number of para-hydroxylation sites is 1. The van der Waals surface area contributed by atoms with Crippen molar-refractivity contribution in [2.24, 2.45) is 0 Å². The molecule has 0 amide bonds. The molecule has 0 N–H and O–H groups in total. The topological polar surface area (TPSA) is 25.6 Å². The van der Waals surface area contributed by atoms with Gasteiger partial charge >= 0.3 is 0 Å². The second-order valence-electron chi connectivity index (χ2n) is 8.36. The highest BCUT2D eigenvalue weighted by Crippen LogP contribution is 2.31. The average molecular weight is 412 g/mol. The number of furan rings is 1. The van der Waals surface area contributed by atoms with Gasteiger partial charge in [0, 0.05) is 23.7 Å². The lowest BCUT2D eigenvalue weighted by molar-refractivity contribution is 0.252. The zero-order valence-corrected chi connectivity index (χ0v) is 17.9. The van der Waals surface area contributed by atoms with Crippen molar-refractivity contribution in [2.75, 3.05) is 26.2 Å². The molecule has 0 aliphatic carbocycles. The molecule has 1 fully saturated rings. The molecule has 3 heteroatoms. The molecule has 2 heterocycles. The van der Waals surface area contributed by atoms with Crippen LogP contribution in [0.3, 0.4) is 0 Å². The average Bonchev–Trinajstić information content (AvgIpc) is 3.19. The van der Waals surface area contributed by atoms with Crippen LogP contribution in [0.25, 0.3) is 28.0 Å². The first-order valence-electron chi connectivity index (χ1n) is 11.4. The highest BCUT2D eigenvalue weighted by molar-refractivity contribution is 6.05. The fourth-order valence-corrected chi connectivity index (χ4v) is 4.36. The van der Waals surface area contributed by atoms with Crippen molar-refractivity contribution in [3.05, 3.63) is 83.9 Å². The summed E-state index contributed by atoms with van der Waals surface area (Å²) in [5, 5.41) is 2.24. The van der Waals surface area contributed by atoms with Crippen LogP contribution < -0.4 is 4.74 Å². The van der Waals surface area contributed by atoms with E-state index in [2.05, 4.69) is 53.5 Å². The molecule has 5 rings (SSSR count). The summed E-state index contributed by atoms with van der Waals surface area (Å²) in [6, 6.07) is 23.0. The van der Waals surface area contributed by atoms with Gasteiger partial charge in [-0.25, -0.2) is 0 Å². The standard InChI is InChI=1S/C28H29NO2/c1-4-17-29(18-5-1)19-6-7-22-10-12-23(13-11-22)16-20-30-24-14-15-28-26(21-24)25-8-2-3-9-27(25)31-28/h2-3,6-15,21H,1,4-5,16-20H2/b7-6+. The Kier molecular flexibility index (Phi) is 6.03. The predicted molar refractivity (Wildman–Crippen MR) is 129 cm³/mol. The smallest absolute Gasteiger partial charge is 0.135 e. The Bertz CT molecular complexity index is 1170. The van der Waals surface area contributed by atoms with Crippen molar-refractivity contribution < 1.29 is 9.15 Å². The van der Waals surface area contributed by atoms with Crippen molar-refractivity contribution in [1.29, 1.82) is 0 Å². The molecule has 31 heavy (non-hydrogen) atoms. The molecule has 0 atom stereocenters. The fraction of sp³-hybridized carbons (Fsp3) is 0.286. The highest BCUT2D eigenvalue weighted by atomic mass is 16.5. The molecule has 1 saturated heterocycles. The first kappa shape index (κ1) is 19.9. The Morgan fingerprint density at radius 1 is 0.839 bits per heavy atom. The number of piperidine rings is 1. The number of likely N-dealkylation sites (tertiary alicyclic amines) is 1. The van der Waals surface area contributed by atoms with Gasteiger partial charge in [-0.1, -0.05) is 61.0 Å². The van der Waals surface area contributed by atoms with Crippen molar-refractivity contribution in [3.8, 4) is 5.75 Å². The third-order valence-electron chi connectivity index (χ3n) is 6.11. The summed E-state index contributed by atoms with van der Waals surface area (Å²) in [6.45, 7) is 4.21. The Hall–Kier alpha value is -3.04. The molecule has 0 bridgehead atoms. The van der Waals surface area contributed by atoms with Gasteiger partial charge in [-0.05, 0) is 61.3 Å². The lowest BCUT2D eigenvalue weighted by Crippen LogP contribution is -2.29. The van der Waals surface area contributed by atoms with Crippen LogP contribution in [0.4, 0.5) is 0 Å². The number of rotatable bonds is 7. The summed E-state index contributed by atoms with van der Waals surface area (Å²) >= 11 is 0. The highest BCUT2D eigenvalue weighted by Gasteiger charge is 2.08. The first-order valence-corrected chi connectivity index (χ1v) is 11.4. The van der Waals surface area contributed by atoms with E-state index in [1.165, 1.54) is 43.5 Å². The van der Waals surface area contributed by atoms with Crippen LogP contribution in [0.5, 0.6) is 5.75 Å². The van der Waals surface area contributed by atoms with Gasteiger partial charge in [0.15, 0.2) is 0 Å². The summed E-state index contributed by atoms with van der Waals surface area (Å²) in [7, 11) is 0. The SMILES string of the molecule is C(=C\c1ccc(CCOc2ccc3oc4ccccc4c3c2)cc1)/CN1CCCCC1. The van der Waals surface area contributed by atoms with E-state index in [4.69, 9.17) is 9.15 Å². The largest absolute Gasteiger partial charge is 0.493 e. The van der Waals surface area contributed by atoms with Gasteiger partial charge in [-0.3, -0.25) is 4.90 Å². The third-order valence-corrected chi connectivity index (χ3v) is 6.11. The third kappa shape index (κ3) is 4.83. The Morgan fingerprint density at radius 2 is 1.65 bits per heavy atom. The van der Waals surface area contributed by atoms with E-state index in [1.807, 2.05) is 30.3 Å². The van der Waals surface area contributed by atoms with E-state index in [-0.39, 0.29) is 0 Å². The molecule has 0 unspecified atom stereocenters. The van der Waals surface area contributed by atoms with Crippen LogP contribution in [0.15, 0.2) is 77.2 Å². The fourth-order valence-electron chi connectivity index (χ4n) is 4.36. The minimum absolute atomic E-state index is 0.658. The minimum Gasteiger partial charge on any atom is -0.493 e. The molecule has 3 aromatic carbocycles. The van der Waals surface area contributed by atoms with E-state index in [0.29, 0.717) is 6.61 Å². The number of fused-ring (bicyclic) bond motifs is 3. The van der Waals surface area contributed by atoms with Crippen LogP contribution in [-0.4, -0.2) is 31.1 Å². The summed E-state index contributed by atoms with van der Waals surface area (Å²) in [6.07, 6.45) is 9.49. The molecule has 1 aliphatic heterocycles. The van der Waals surface area contributed by atoms with Gasteiger partial charge in [0.05, 0.1) is 6.61 Å².